The summed E-state index contributed by atoms with van der Waals surface area (Å²) in [7, 11) is 0. The molecule has 1 aliphatic carbocycles. The lowest BCUT2D eigenvalue weighted by atomic mass is 9.99. The fourth-order valence-electron chi connectivity index (χ4n) is 4.93. The topological polar surface area (TPSA) is 71.4 Å². The van der Waals surface area contributed by atoms with Crippen LogP contribution in [0.15, 0.2) is 48.5 Å². The molecule has 1 saturated heterocycles. The number of nitriles is 1. The molecule has 2 atom stereocenters. The summed E-state index contributed by atoms with van der Waals surface area (Å²) in [6.07, 6.45) is -1.19. The molecule has 1 amide bonds. The van der Waals surface area contributed by atoms with Gasteiger partial charge in [0.15, 0.2) is 0 Å². The number of carbonyl (C=O) groups is 1. The van der Waals surface area contributed by atoms with Crippen molar-refractivity contribution in [3.63, 3.8) is 0 Å². The number of benzene rings is 2. The number of nitrogens with zero attached hydrogens (tertiary/aromatic N) is 3. The number of piperazine rings is 1. The van der Waals surface area contributed by atoms with Crippen LogP contribution in [0.4, 0.5) is 18.9 Å². The Morgan fingerprint density at radius 3 is 2.14 bits per heavy atom. The van der Waals surface area contributed by atoms with Crippen molar-refractivity contribution < 1.29 is 18.0 Å². The summed E-state index contributed by atoms with van der Waals surface area (Å²) in [5, 5.41) is 13.5. The molecular formula is C28H34F3N5O. The zero-order valence-corrected chi connectivity index (χ0v) is 21.1. The minimum atomic E-state index is -4.59. The van der Waals surface area contributed by atoms with Gasteiger partial charge >= 0.3 is 6.18 Å². The molecule has 9 heteroatoms. The summed E-state index contributed by atoms with van der Waals surface area (Å²) >= 11 is 0. The van der Waals surface area contributed by atoms with E-state index >= 15 is 0 Å². The van der Waals surface area contributed by atoms with Crippen molar-refractivity contribution in [3.8, 4) is 17.2 Å². The monoisotopic (exact) mass is 513 g/mol. The van der Waals surface area contributed by atoms with Crippen LogP contribution in [-0.2, 0) is 4.79 Å². The minimum Gasteiger partial charge on any atom is -0.369 e. The van der Waals surface area contributed by atoms with Crippen molar-refractivity contribution in [1.82, 2.24) is 15.5 Å². The number of amides is 1. The number of carbonyl (C=O) groups excluding carboxylic acids is 1. The first-order chi connectivity index (χ1) is 17.8. The average Bonchev–Trinajstić information content (AvgIpc) is 3.75. The fourth-order valence-corrected chi connectivity index (χ4v) is 4.93. The van der Waals surface area contributed by atoms with Gasteiger partial charge in [0.2, 0.25) is 5.91 Å². The van der Waals surface area contributed by atoms with Gasteiger partial charge in [-0.15, -0.1) is 0 Å². The smallest absolute Gasteiger partial charge is 0.369 e. The van der Waals surface area contributed by atoms with E-state index in [1.165, 1.54) is 25.0 Å². The first-order valence-electron chi connectivity index (χ1n) is 13.0. The molecule has 4 rings (SSSR count). The average molecular weight is 514 g/mol. The number of nitrogens with one attached hydrogen (secondary N) is 2. The molecule has 198 valence electrons. The van der Waals surface area contributed by atoms with Crippen LogP contribution in [0.1, 0.15) is 44.2 Å². The molecule has 0 radical (unpaired) electrons. The molecule has 0 bridgehead atoms. The third kappa shape index (κ3) is 7.02. The molecule has 2 aromatic rings. The molecule has 2 aliphatic rings. The highest BCUT2D eigenvalue weighted by atomic mass is 19.4. The third-order valence-electron chi connectivity index (χ3n) is 7.12. The molecule has 37 heavy (non-hydrogen) atoms. The lowest BCUT2D eigenvalue weighted by Crippen LogP contribution is -2.49. The molecule has 6 nitrogen and oxygen atoms in total. The van der Waals surface area contributed by atoms with Crippen LogP contribution in [-0.4, -0.2) is 61.8 Å². The van der Waals surface area contributed by atoms with E-state index in [-0.39, 0.29) is 18.5 Å². The van der Waals surface area contributed by atoms with E-state index < -0.39 is 24.2 Å². The molecular weight excluding hydrogens is 479 g/mol. The van der Waals surface area contributed by atoms with E-state index in [1.54, 1.807) is 25.1 Å². The summed E-state index contributed by atoms with van der Waals surface area (Å²) in [4.78, 5) is 17.3. The zero-order valence-electron chi connectivity index (χ0n) is 21.1. The Bertz CT molecular complexity index is 1070. The van der Waals surface area contributed by atoms with Crippen LogP contribution >= 0.6 is 0 Å². The number of hydrogen-bond donors (Lipinski definition) is 2. The second-order valence-corrected chi connectivity index (χ2v) is 9.78. The van der Waals surface area contributed by atoms with Crippen molar-refractivity contribution in [2.24, 2.45) is 0 Å². The van der Waals surface area contributed by atoms with E-state index in [9.17, 15) is 18.0 Å². The van der Waals surface area contributed by atoms with E-state index in [1.807, 2.05) is 12.1 Å². The summed E-state index contributed by atoms with van der Waals surface area (Å²) in [5.74, 6) is -0.608. The normalized spacial score (nSPS) is 18.2. The Morgan fingerprint density at radius 2 is 1.62 bits per heavy atom. The highest BCUT2D eigenvalue weighted by Crippen LogP contribution is 2.35. The van der Waals surface area contributed by atoms with E-state index in [4.69, 9.17) is 5.26 Å². The molecule has 2 N–H and O–H groups in total. The van der Waals surface area contributed by atoms with Gasteiger partial charge in [0.1, 0.15) is 12.6 Å². The summed E-state index contributed by atoms with van der Waals surface area (Å²) in [6, 6.07) is 14.0. The molecule has 2 aromatic carbocycles. The van der Waals surface area contributed by atoms with Crippen LogP contribution in [0.5, 0.6) is 0 Å². The predicted octanol–water partition coefficient (Wildman–Crippen LogP) is 4.64. The van der Waals surface area contributed by atoms with Crippen LogP contribution in [0, 0.1) is 11.3 Å². The maximum absolute atomic E-state index is 14.0. The molecule has 1 aliphatic heterocycles. The van der Waals surface area contributed by atoms with Crippen molar-refractivity contribution in [3.05, 3.63) is 54.1 Å². The summed E-state index contributed by atoms with van der Waals surface area (Å²) < 4.78 is 42.0. The van der Waals surface area contributed by atoms with E-state index in [0.717, 1.165) is 49.0 Å². The SMILES string of the molecule is CCCC(NC(c1ccc(-c2ccc(N3CCN(C4CC4)CC3)cc2)cc1)C(F)(F)F)C(=O)NCC#N. The second-order valence-electron chi connectivity index (χ2n) is 9.78. The molecule has 2 unspecified atom stereocenters. The third-order valence-corrected chi connectivity index (χ3v) is 7.12. The number of halogens is 3. The Morgan fingerprint density at radius 1 is 1.03 bits per heavy atom. The van der Waals surface area contributed by atoms with Crippen LogP contribution < -0.4 is 15.5 Å². The van der Waals surface area contributed by atoms with Crippen molar-refractivity contribution in [1.29, 1.82) is 5.26 Å². The number of alkyl halides is 3. The van der Waals surface area contributed by atoms with Gasteiger partial charge in [0, 0.05) is 37.9 Å². The van der Waals surface area contributed by atoms with Gasteiger partial charge in [-0.05, 0) is 48.1 Å². The largest absolute Gasteiger partial charge is 0.407 e. The highest BCUT2D eigenvalue weighted by Gasteiger charge is 2.42. The van der Waals surface area contributed by atoms with Crippen LogP contribution in [0.3, 0.4) is 0 Å². The van der Waals surface area contributed by atoms with Gasteiger partial charge in [0.25, 0.3) is 0 Å². The van der Waals surface area contributed by atoms with Gasteiger partial charge in [-0.3, -0.25) is 15.0 Å². The number of rotatable bonds is 10. The lowest BCUT2D eigenvalue weighted by Gasteiger charge is -2.36. The fraction of sp³-hybridized carbons (Fsp3) is 0.500. The van der Waals surface area contributed by atoms with Crippen LogP contribution in [0.25, 0.3) is 11.1 Å². The standard InChI is InChI=1S/C28H34F3N5O/c1-2-3-25(27(37)33-15-14-32)34-26(28(29,30)31)22-6-4-20(5-7-22)21-8-10-23(11-9-21)35-16-18-36(19-17-35)24-12-13-24/h4-11,24-26,34H,2-3,12-13,15-19H2,1H3,(H,33,37). The second kappa shape index (κ2) is 12.0. The van der Waals surface area contributed by atoms with Crippen molar-refractivity contribution in [2.45, 2.75) is 56.9 Å². The minimum absolute atomic E-state index is 0.0376. The molecule has 0 aromatic heterocycles. The number of anilines is 1. The lowest BCUT2D eigenvalue weighted by molar-refractivity contribution is -0.161. The van der Waals surface area contributed by atoms with Gasteiger partial charge in [0.05, 0.1) is 12.1 Å². The Hall–Kier alpha value is -3.09. The highest BCUT2D eigenvalue weighted by molar-refractivity contribution is 5.82. The Kier molecular flexibility index (Phi) is 8.72. The molecule has 1 heterocycles. The summed E-state index contributed by atoms with van der Waals surface area (Å²) in [5.41, 5.74) is 2.96. The zero-order chi connectivity index (χ0) is 26.4. The first kappa shape index (κ1) is 27.0. The molecule has 0 spiro atoms. The van der Waals surface area contributed by atoms with Gasteiger partial charge in [-0.1, -0.05) is 49.7 Å². The Balaban J connectivity index is 1.43. The first-order valence-corrected chi connectivity index (χ1v) is 13.0. The quantitative estimate of drug-likeness (QED) is 0.453. The van der Waals surface area contributed by atoms with E-state index in [2.05, 4.69) is 32.6 Å². The van der Waals surface area contributed by atoms with Gasteiger partial charge in [-0.25, -0.2) is 0 Å². The van der Waals surface area contributed by atoms with Crippen LogP contribution in [0.2, 0.25) is 0 Å². The summed E-state index contributed by atoms with van der Waals surface area (Å²) in [6.45, 7) is 5.72. The molecule has 1 saturated carbocycles. The maximum atomic E-state index is 14.0. The Labute approximate surface area is 216 Å². The van der Waals surface area contributed by atoms with E-state index in [0.29, 0.717) is 6.42 Å². The predicted molar refractivity (Wildman–Crippen MR) is 138 cm³/mol. The van der Waals surface area contributed by atoms with Gasteiger partial charge < -0.3 is 10.2 Å². The number of hydrogen-bond acceptors (Lipinski definition) is 5. The van der Waals surface area contributed by atoms with Gasteiger partial charge in [-0.2, -0.15) is 18.4 Å². The maximum Gasteiger partial charge on any atom is 0.407 e. The molecule has 2 fully saturated rings. The van der Waals surface area contributed by atoms with Crippen molar-refractivity contribution >= 4 is 11.6 Å². The van der Waals surface area contributed by atoms with Crippen molar-refractivity contribution in [2.75, 3.05) is 37.6 Å².